The zero-order chi connectivity index (χ0) is 23.7. The number of benzene rings is 2. The minimum absolute atomic E-state index is 0.161. The summed E-state index contributed by atoms with van der Waals surface area (Å²) in [7, 11) is 0. The first-order chi connectivity index (χ1) is 16.5. The molecule has 3 amide bonds. The molecule has 0 unspecified atom stereocenters. The quantitative estimate of drug-likeness (QED) is 0.638. The van der Waals surface area contributed by atoms with E-state index in [0.29, 0.717) is 38.2 Å². The molecule has 3 heterocycles. The van der Waals surface area contributed by atoms with Crippen molar-refractivity contribution in [1.29, 1.82) is 0 Å². The number of rotatable bonds is 5. The second kappa shape index (κ2) is 9.64. The zero-order valence-electron chi connectivity index (χ0n) is 19.0. The molecule has 34 heavy (non-hydrogen) atoms. The highest BCUT2D eigenvalue weighted by atomic mass is 35.5. The van der Waals surface area contributed by atoms with Crippen LogP contribution in [-0.2, 0) is 27.2 Å². The first kappa shape index (κ1) is 22.7. The number of carbonyl (C=O) groups excluding carboxylic acids is 3. The van der Waals surface area contributed by atoms with Gasteiger partial charge in [-0.2, -0.15) is 0 Å². The van der Waals surface area contributed by atoms with Crippen LogP contribution in [0.15, 0.2) is 36.4 Å². The molecule has 1 fully saturated rings. The van der Waals surface area contributed by atoms with Gasteiger partial charge in [-0.3, -0.25) is 19.3 Å². The maximum absolute atomic E-state index is 12.4. The van der Waals surface area contributed by atoms with Gasteiger partial charge in [0.2, 0.25) is 5.91 Å². The van der Waals surface area contributed by atoms with E-state index < -0.39 is 11.8 Å². The van der Waals surface area contributed by atoms with Gasteiger partial charge in [0.1, 0.15) is 0 Å². The number of hydrogen-bond donors (Lipinski definition) is 2. The minimum atomic E-state index is -0.665. The van der Waals surface area contributed by atoms with Gasteiger partial charge in [0.05, 0.1) is 5.69 Å². The molecule has 8 nitrogen and oxygen atoms in total. The molecule has 5 rings (SSSR count). The summed E-state index contributed by atoms with van der Waals surface area (Å²) in [6.45, 7) is 5.39. The largest absolute Gasteiger partial charge is 0.369 e. The maximum atomic E-state index is 12.4. The van der Waals surface area contributed by atoms with Crippen LogP contribution >= 0.6 is 11.6 Å². The summed E-state index contributed by atoms with van der Waals surface area (Å²) in [6.07, 6.45) is 1.92. The Balaban J connectivity index is 1.07. The van der Waals surface area contributed by atoms with Crippen LogP contribution in [0.5, 0.6) is 0 Å². The van der Waals surface area contributed by atoms with Gasteiger partial charge < -0.3 is 20.4 Å². The van der Waals surface area contributed by atoms with Crippen LogP contribution in [-0.4, -0.2) is 68.4 Å². The number of anilines is 3. The van der Waals surface area contributed by atoms with Crippen molar-refractivity contribution in [2.75, 3.05) is 60.9 Å². The predicted octanol–water partition coefficient (Wildman–Crippen LogP) is 2.05. The van der Waals surface area contributed by atoms with Gasteiger partial charge in [0, 0.05) is 68.6 Å². The van der Waals surface area contributed by atoms with Crippen molar-refractivity contribution in [1.82, 2.24) is 10.2 Å². The monoisotopic (exact) mass is 481 g/mol. The van der Waals surface area contributed by atoms with Gasteiger partial charge in [-0.15, -0.1) is 0 Å². The van der Waals surface area contributed by atoms with Crippen molar-refractivity contribution >= 4 is 46.4 Å². The highest BCUT2D eigenvalue weighted by molar-refractivity contribution is 6.39. The third-order valence-electron chi connectivity index (χ3n) is 6.79. The Hall–Kier alpha value is -3.10. The number of amides is 3. The molecule has 0 radical (unpaired) electrons. The van der Waals surface area contributed by atoms with Crippen LogP contribution < -0.4 is 20.4 Å². The Bertz CT molecular complexity index is 1110. The molecule has 178 valence electrons. The van der Waals surface area contributed by atoms with Gasteiger partial charge in [-0.1, -0.05) is 11.6 Å². The Morgan fingerprint density at radius 3 is 2.32 bits per heavy atom. The number of piperazine rings is 1. The van der Waals surface area contributed by atoms with E-state index in [1.165, 1.54) is 0 Å². The molecule has 0 aliphatic carbocycles. The molecule has 9 heteroatoms. The van der Waals surface area contributed by atoms with Crippen LogP contribution in [0, 0.1) is 0 Å². The van der Waals surface area contributed by atoms with Gasteiger partial charge in [-0.05, 0) is 60.4 Å². The third kappa shape index (κ3) is 4.74. The van der Waals surface area contributed by atoms with Gasteiger partial charge in [0.25, 0.3) is 0 Å². The van der Waals surface area contributed by atoms with Crippen molar-refractivity contribution in [3.63, 3.8) is 0 Å². The number of hydrogen-bond acceptors (Lipinski definition) is 5. The fourth-order valence-electron chi connectivity index (χ4n) is 5.01. The van der Waals surface area contributed by atoms with E-state index in [0.717, 1.165) is 60.1 Å². The Morgan fingerprint density at radius 1 is 0.882 bits per heavy atom. The smallest absolute Gasteiger partial charge is 0.313 e. The Morgan fingerprint density at radius 2 is 1.59 bits per heavy atom. The average Bonchev–Trinajstić information content (AvgIpc) is 3.27. The highest BCUT2D eigenvalue weighted by Gasteiger charge is 2.31. The zero-order valence-corrected chi connectivity index (χ0v) is 19.7. The van der Waals surface area contributed by atoms with Gasteiger partial charge in [0.15, 0.2) is 0 Å². The maximum Gasteiger partial charge on any atom is 0.313 e. The second-order valence-corrected chi connectivity index (χ2v) is 9.39. The van der Waals surface area contributed by atoms with Crippen molar-refractivity contribution in [3.05, 3.63) is 52.5 Å². The third-order valence-corrected chi connectivity index (χ3v) is 7.05. The molecule has 0 saturated carbocycles. The second-order valence-electron chi connectivity index (χ2n) is 8.95. The lowest BCUT2D eigenvalue weighted by Gasteiger charge is -2.36. The summed E-state index contributed by atoms with van der Waals surface area (Å²) >= 11 is 5.97. The Labute approximate surface area is 203 Å². The van der Waals surface area contributed by atoms with Gasteiger partial charge in [-0.25, -0.2) is 0 Å². The van der Waals surface area contributed by atoms with Crippen LogP contribution in [0.3, 0.4) is 0 Å². The molecule has 2 aromatic carbocycles. The molecule has 0 aromatic heterocycles. The van der Waals surface area contributed by atoms with Crippen LogP contribution in [0.4, 0.5) is 17.1 Å². The fourth-order valence-corrected chi connectivity index (χ4v) is 5.13. The molecule has 3 aliphatic heterocycles. The summed E-state index contributed by atoms with van der Waals surface area (Å²) in [6, 6.07) is 11.6. The summed E-state index contributed by atoms with van der Waals surface area (Å²) in [5, 5.41) is 6.19. The van der Waals surface area contributed by atoms with Crippen LogP contribution in [0.25, 0.3) is 0 Å². The van der Waals surface area contributed by atoms with Crippen molar-refractivity contribution in [2.45, 2.75) is 19.3 Å². The fraction of sp³-hybridized carbons (Fsp3) is 0.400. The molecular weight excluding hydrogens is 454 g/mol. The molecule has 0 atom stereocenters. The number of halogens is 1. The van der Waals surface area contributed by atoms with Crippen molar-refractivity contribution < 1.29 is 14.4 Å². The van der Waals surface area contributed by atoms with Crippen molar-refractivity contribution in [2.24, 2.45) is 0 Å². The number of carbonyl (C=O) groups is 3. The predicted molar refractivity (Wildman–Crippen MR) is 133 cm³/mol. The number of nitrogens with one attached hydrogen (secondary N) is 2. The number of aryl methyl sites for hydroxylation is 1. The Kier molecular flexibility index (Phi) is 6.43. The first-order valence-electron chi connectivity index (χ1n) is 11.8. The van der Waals surface area contributed by atoms with E-state index in [2.05, 4.69) is 20.4 Å². The van der Waals surface area contributed by atoms with E-state index in [4.69, 9.17) is 11.6 Å². The summed E-state index contributed by atoms with van der Waals surface area (Å²) in [4.78, 5) is 43.3. The molecular formula is C25H28ClN5O3. The molecule has 0 spiro atoms. The summed E-state index contributed by atoms with van der Waals surface area (Å²) < 4.78 is 0. The van der Waals surface area contributed by atoms with Crippen molar-refractivity contribution in [3.8, 4) is 0 Å². The lowest BCUT2D eigenvalue weighted by Crippen LogP contribution is -2.49. The van der Waals surface area contributed by atoms with Crippen LogP contribution in [0.2, 0.25) is 5.02 Å². The standard InChI is InChI=1S/C25H28ClN5O3/c26-19-2-4-21(5-3-19)30-13-11-29(12-14-30)10-8-27-24(33)25(34)28-20-15-17-1-6-22(32)31-9-7-18(16-20)23(17)31/h2-5,15-16H,1,6-14H2,(H,27,33)(H,28,34). The van der Waals surface area contributed by atoms with E-state index in [1.54, 1.807) is 0 Å². The highest BCUT2D eigenvalue weighted by Crippen LogP contribution is 2.38. The molecule has 2 N–H and O–H groups in total. The molecule has 0 bridgehead atoms. The SMILES string of the molecule is O=C(NCCN1CCN(c2ccc(Cl)cc2)CC1)C(=O)Nc1cc2c3c(c1)CCN3C(=O)CC2. The summed E-state index contributed by atoms with van der Waals surface area (Å²) in [5.74, 6) is -1.14. The lowest BCUT2D eigenvalue weighted by atomic mass is 9.98. The van der Waals surface area contributed by atoms with E-state index >= 15 is 0 Å². The lowest BCUT2D eigenvalue weighted by molar-refractivity contribution is -0.136. The molecule has 1 saturated heterocycles. The van der Waals surface area contributed by atoms with E-state index in [9.17, 15) is 14.4 Å². The first-order valence-corrected chi connectivity index (χ1v) is 12.1. The summed E-state index contributed by atoms with van der Waals surface area (Å²) in [5.41, 5.74) is 4.88. The normalized spacial score (nSPS) is 17.5. The van der Waals surface area contributed by atoms with Crippen LogP contribution in [0.1, 0.15) is 17.5 Å². The average molecular weight is 482 g/mol. The van der Waals surface area contributed by atoms with Gasteiger partial charge >= 0.3 is 11.8 Å². The topological polar surface area (TPSA) is 85.0 Å². The van der Waals surface area contributed by atoms with E-state index in [-0.39, 0.29) is 5.91 Å². The minimum Gasteiger partial charge on any atom is -0.369 e. The molecule has 3 aliphatic rings. The number of nitrogens with zero attached hydrogens (tertiary/aromatic N) is 3. The molecule has 2 aromatic rings. The van der Waals surface area contributed by atoms with E-state index in [1.807, 2.05) is 41.3 Å².